The molecule has 1 saturated carbocycles. The zero-order valence-electron chi connectivity index (χ0n) is 21.3. The Morgan fingerprint density at radius 1 is 0.886 bits per heavy atom. The molecule has 1 fully saturated rings. The van der Waals surface area contributed by atoms with Crippen LogP contribution in [-0.4, -0.2) is 71.1 Å². The van der Waals surface area contributed by atoms with Gasteiger partial charge in [0, 0.05) is 19.7 Å². The second-order valence-electron chi connectivity index (χ2n) is 9.00. The molecule has 0 saturated heterocycles. The van der Waals surface area contributed by atoms with E-state index in [0.717, 1.165) is 48.5 Å². The lowest BCUT2D eigenvalue weighted by Crippen LogP contribution is -2.47. The van der Waals surface area contributed by atoms with Crippen LogP contribution in [0, 0.1) is 0 Å². The number of hydrogen-bond donors (Lipinski definition) is 2. The Labute approximate surface area is 209 Å². The van der Waals surface area contributed by atoms with Gasteiger partial charge in [0.1, 0.15) is 18.5 Å². The van der Waals surface area contributed by atoms with Gasteiger partial charge in [-0.25, -0.2) is 0 Å². The molecule has 1 aliphatic rings. The van der Waals surface area contributed by atoms with Gasteiger partial charge in [-0.2, -0.15) is 0 Å². The summed E-state index contributed by atoms with van der Waals surface area (Å²) in [5.41, 5.74) is 2.36. The van der Waals surface area contributed by atoms with Crippen LogP contribution in [0.2, 0.25) is 0 Å². The van der Waals surface area contributed by atoms with Crippen LogP contribution >= 0.6 is 0 Å². The van der Waals surface area contributed by atoms with E-state index in [2.05, 4.69) is 5.32 Å². The number of benzene rings is 2. The Morgan fingerprint density at radius 2 is 1.60 bits per heavy atom. The molecule has 0 aliphatic heterocycles. The Hall–Kier alpha value is -2.32. The van der Waals surface area contributed by atoms with Gasteiger partial charge in [-0.3, -0.25) is 0 Å². The standard InChI is InChI=1S/C28H41NO6/c1-31-16-14-21-8-11-24(12-9-21)35-20-23(30)19-29-25-6-4-5-7-26(25)34-17-15-22-10-13-27(32-2)28(18-22)33-3/h8-13,18,23,25-26,29-30H,4-7,14-17,19-20H2,1-3H3/t23?,25-,26+/m1/s1. The smallest absolute Gasteiger partial charge is 0.160 e. The van der Waals surface area contributed by atoms with Crippen LogP contribution in [0.5, 0.6) is 17.2 Å². The SMILES string of the molecule is COCCc1ccc(OCC(O)CN[C@@H]2CCCC[C@@H]2OCCc2ccc(OC)c(OC)c2)cc1. The lowest BCUT2D eigenvalue weighted by molar-refractivity contribution is 0.00183. The minimum Gasteiger partial charge on any atom is -0.493 e. The summed E-state index contributed by atoms with van der Waals surface area (Å²) < 4.78 is 27.9. The largest absolute Gasteiger partial charge is 0.493 e. The number of aliphatic hydroxyl groups is 1. The second kappa shape index (κ2) is 14.9. The lowest BCUT2D eigenvalue weighted by atomic mass is 9.92. The number of ether oxygens (including phenoxy) is 5. The average Bonchev–Trinajstić information content (AvgIpc) is 2.90. The van der Waals surface area contributed by atoms with Crippen molar-refractivity contribution in [3.05, 3.63) is 53.6 Å². The molecule has 3 rings (SSSR count). The number of methoxy groups -OCH3 is 3. The van der Waals surface area contributed by atoms with Crippen molar-refractivity contribution in [2.24, 2.45) is 0 Å². The Kier molecular flexibility index (Phi) is 11.6. The Morgan fingerprint density at radius 3 is 2.34 bits per heavy atom. The molecule has 7 nitrogen and oxygen atoms in total. The van der Waals surface area contributed by atoms with Gasteiger partial charge in [-0.05, 0) is 61.1 Å². The molecule has 0 radical (unpaired) electrons. The fourth-order valence-corrected chi connectivity index (χ4v) is 4.41. The lowest BCUT2D eigenvalue weighted by Gasteiger charge is -2.33. The van der Waals surface area contributed by atoms with Gasteiger partial charge < -0.3 is 34.1 Å². The van der Waals surface area contributed by atoms with Gasteiger partial charge in [0.05, 0.1) is 33.5 Å². The molecule has 194 valence electrons. The van der Waals surface area contributed by atoms with Gasteiger partial charge in [0.2, 0.25) is 0 Å². The predicted octanol–water partition coefficient (Wildman–Crippen LogP) is 3.79. The average molecular weight is 488 g/mol. The second-order valence-corrected chi connectivity index (χ2v) is 9.00. The monoisotopic (exact) mass is 487 g/mol. The van der Waals surface area contributed by atoms with Crippen LogP contribution in [-0.2, 0) is 22.3 Å². The molecular formula is C28H41NO6. The van der Waals surface area contributed by atoms with Crippen molar-refractivity contribution in [3.63, 3.8) is 0 Å². The molecular weight excluding hydrogens is 446 g/mol. The van der Waals surface area contributed by atoms with E-state index in [1.807, 2.05) is 42.5 Å². The highest BCUT2D eigenvalue weighted by molar-refractivity contribution is 5.42. The highest BCUT2D eigenvalue weighted by Gasteiger charge is 2.26. The van der Waals surface area contributed by atoms with E-state index in [0.29, 0.717) is 19.8 Å². The van der Waals surface area contributed by atoms with Crippen molar-refractivity contribution >= 4 is 0 Å². The summed E-state index contributed by atoms with van der Waals surface area (Å²) in [6, 6.07) is 14.2. The van der Waals surface area contributed by atoms with Crippen LogP contribution in [0.15, 0.2) is 42.5 Å². The van der Waals surface area contributed by atoms with E-state index in [-0.39, 0.29) is 18.8 Å². The highest BCUT2D eigenvalue weighted by atomic mass is 16.5. The van der Waals surface area contributed by atoms with E-state index in [1.54, 1.807) is 21.3 Å². The topological polar surface area (TPSA) is 78.4 Å². The maximum atomic E-state index is 10.4. The molecule has 3 atom stereocenters. The van der Waals surface area contributed by atoms with Crippen molar-refractivity contribution in [2.45, 2.75) is 56.8 Å². The zero-order valence-corrected chi connectivity index (χ0v) is 21.3. The molecule has 7 heteroatoms. The first-order chi connectivity index (χ1) is 17.1. The molecule has 1 aliphatic carbocycles. The van der Waals surface area contributed by atoms with Crippen LogP contribution in [0.3, 0.4) is 0 Å². The molecule has 2 aromatic rings. The number of nitrogens with one attached hydrogen (secondary N) is 1. The van der Waals surface area contributed by atoms with Gasteiger partial charge in [-0.15, -0.1) is 0 Å². The summed E-state index contributed by atoms with van der Waals surface area (Å²) in [6.07, 6.45) is 5.69. The predicted molar refractivity (Wildman–Crippen MR) is 137 cm³/mol. The van der Waals surface area contributed by atoms with E-state index in [4.69, 9.17) is 23.7 Å². The minimum atomic E-state index is -0.586. The normalized spacial score (nSPS) is 18.7. The Balaban J connectivity index is 1.39. The third-order valence-electron chi connectivity index (χ3n) is 6.45. The zero-order chi connectivity index (χ0) is 24.9. The first kappa shape index (κ1) is 27.3. The molecule has 0 spiro atoms. The molecule has 0 amide bonds. The van der Waals surface area contributed by atoms with Gasteiger partial charge in [0.25, 0.3) is 0 Å². The van der Waals surface area contributed by atoms with E-state index in [9.17, 15) is 5.11 Å². The molecule has 0 bridgehead atoms. The van der Waals surface area contributed by atoms with Crippen LogP contribution < -0.4 is 19.5 Å². The molecule has 35 heavy (non-hydrogen) atoms. The van der Waals surface area contributed by atoms with Crippen molar-refractivity contribution in [1.29, 1.82) is 0 Å². The summed E-state index contributed by atoms with van der Waals surface area (Å²) in [7, 11) is 4.99. The fraction of sp³-hybridized carbons (Fsp3) is 0.571. The van der Waals surface area contributed by atoms with Crippen molar-refractivity contribution in [2.75, 3.05) is 47.7 Å². The van der Waals surface area contributed by atoms with Crippen molar-refractivity contribution in [1.82, 2.24) is 5.32 Å². The third-order valence-corrected chi connectivity index (χ3v) is 6.45. The summed E-state index contributed by atoms with van der Waals surface area (Å²) >= 11 is 0. The number of hydrogen-bond acceptors (Lipinski definition) is 7. The van der Waals surface area contributed by atoms with E-state index in [1.165, 1.54) is 18.4 Å². The summed E-state index contributed by atoms with van der Waals surface area (Å²) in [5, 5.41) is 14.0. The van der Waals surface area contributed by atoms with Crippen molar-refractivity contribution < 1.29 is 28.8 Å². The van der Waals surface area contributed by atoms with Crippen molar-refractivity contribution in [3.8, 4) is 17.2 Å². The first-order valence-corrected chi connectivity index (χ1v) is 12.6. The number of aliphatic hydroxyl groups excluding tert-OH is 1. The van der Waals surface area contributed by atoms with E-state index >= 15 is 0 Å². The summed E-state index contributed by atoms with van der Waals surface area (Å²) in [4.78, 5) is 0. The quantitative estimate of drug-likeness (QED) is 0.396. The molecule has 1 unspecified atom stereocenters. The molecule has 2 N–H and O–H groups in total. The van der Waals surface area contributed by atoms with Crippen LogP contribution in [0.1, 0.15) is 36.8 Å². The minimum absolute atomic E-state index is 0.150. The van der Waals surface area contributed by atoms with Gasteiger partial charge in [-0.1, -0.05) is 31.0 Å². The molecule has 0 aromatic heterocycles. The summed E-state index contributed by atoms with van der Waals surface area (Å²) in [5.74, 6) is 2.23. The third kappa shape index (κ3) is 9.00. The van der Waals surface area contributed by atoms with Gasteiger partial charge >= 0.3 is 0 Å². The first-order valence-electron chi connectivity index (χ1n) is 12.6. The molecule has 2 aromatic carbocycles. The van der Waals surface area contributed by atoms with Crippen LogP contribution in [0.4, 0.5) is 0 Å². The van der Waals surface area contributed by atoms with Gasteiger partial charge in [0.15, 0.2) is 11.5 Å². The highest BCUT2D eigenvalue weighted by Crippen LogP contribution is 2.28. The summed E-state index contributed by atoms with van der Waals surface area (Å²) in [6.45, 7) is 2.07. The number of rotatable bonds is 15. The Bertz CT molecular complexity index is 859. The molecule has 0 heterocycles. The fourth-order valence-electron chi connectivity index (χ4n) is 4.41. The van der Waals surface area contributed by atoms with E-state index < -0.39 is 6.10 Å². The maximum Gasteiger partial charge on any atom is 0.160 e. The maximum absolute atomic E-state index is 10.4. The van der Waals surface area contributed by atoms with Crippen LogP contribution in [0.25, 0.3) is 0 Å².